The number of hydrogen-bond acceptors (Lipinski definition) is 2. The molecule has 0 heterocycles. The van der Waals surface area contributed by atoms with Crippen LogP contribution in [0, 0.1) is 20.8 Å². The van der Waals surface area contributed by atoms with Gasteiger partial charge in [0.1, 0.15) is 5.75 Å². The molecule has 0 radical (unpaired) electrons. The second kappa shape index (κ2) is 6.24. The van der Waals surface area contributed by atoms with Crippen LogP contribution in [0.5, 0.6) is 5.75 Å². The van der Waals surface area contributed by atoms with Gasteiger partial charge < -0.3 is 10.1 Å². The highest BCUT2D eigenvalue weighted by molar-refractivity contribution is 5.92. The van der Waals surface area contributed by atoms with E-state index in [4.69, 9.17) is 4.74 Å². The molecule has 3 heteroatoms. The largest absolute Gasteiger partial charge is 0.484 e. The Morgan fingerprint density at radius 3 is 2.55 bits per heavy atom. The van der Waals surface area contributed by atoms with Gasteiger partial charge in [0.2, 0.25) is 0 Å². The highest BCUT2D eigenvalue weighted by atomic mass is 16.5. The van der Waals surface area contributed by atoms with E-state index < -0.39 is 0 Å². The van der Waals surface area contributed by atoms with Gasteiger partial charge in [-0.3, -0.25) is 4.79 Å². The van der Waals surface area contributed by atoms with E-state index in [1.807, 2.05) is 63.2 Å². The molecule has 0 saturated carbocycles. The summed E-state index contributed by atoms with van der Waals surface area (Å²) in [7, 11) is 0. The molecule has 0 saturated heterocycles. The predicted molar refractivity (Wildman–Crippen MR) is 81.2 cm³/mol. The van der Waals surface area contributed by atoms with Crippen LogP contribution in [0.1, 0.15) is 16.7 Å². The average Bonchev–Trinajstić information content (AvgIpc) is 2.41. The number of carbonyl (C=O) groups excluding carboxylic acids is 1. The number of hydrogen-bond donors (Lipinski definition) is 1. The number of aryl methyl sites for hydroxylation is 3. The van der Waals surface area contributed by atoms with Crippen molar-refractivity contribution in [3.05, 3.63) is 59.2 Å². The van der Waals surface area contributed by atoms with Crippen molar-refractivity contribution in [2.45, 2.75) is 20.8 Å². The van der Waals surface area contributed by atoms with Crippen molar-refractivity contribution in [1.82, 2.24) is 0 Å². The van der Waals surface area contributed by atoms with Gasteiger partial charge in [-0.1, -0.05) is 18.2 Å². The fraction of sp³-hybridized carbons (Fsp3) is 0.235. The van der Waals surface area contributed by atoms with Gasteiger partial charge in [0.05, 0.1) is 0 Å². The Hall–Kier alpha value is -2.29. The van der Waals surface area contributed by atoms with Crippen LogP contribution >= 0.6 is 0 Å². The minimum atomic E-state index is -0.158. The molecule has 0 atom stereocenters. The van der Waals surface area contributed by atoms with Crippen LogP contribution < -0.4 is 10.1 Å². The van der Waals surface area contributed by atoms with E-state index >= 15 is 0 Å². The zero-order valence-electron chi connectivity index (χ0n) is 12.1. The summed E-state index contributed by atoms with van der Waals surface area (Å²) < 4.78 is 5.46. The molecule has 0 unspecified atom stereocenters. The van der Waals surface area contributed by atoms with E-state index in [0.717, 1.165) is 16.8 Å². The molecule has 0 aromatic heterocycles. The van der Waals surface area contributed by atoms with Crippen LogP contribution in [0.25, 0.3) is 0 Å². The first-order valence-corrected chi connectivity index (χ1v) is 6.61. The quantitative estimate of drug-likeness (QED) is 0.920. The van der Waals surface area contributed by atoms with Gasteiger partial charge in [-0.2, -0.15) is 0 Å². The standard InChI is InChI=1S/C17H19NO2/c1-12-5-4-6-16(9-12)20-11-17(19)18-15-8-7-13(2)14(3)10-15/h4-10H,11H2,1-3H3,(H,18,19). The first-order chi connectivity index (χ1) is 9.54. The summed E-state index contributed by atoms with van der Waals surface area (Å²) in [6, 6.07) is 13.5. The molecule has 0 fully saturated rings. The third kappa shape index (κ3) is 3.85. The Kier molecular flexibility index (Phi) is 4.41. The number of anilines is 1. The molecule has 0 aliphatic carbocycles. The lowest BCUT2D eigenvalue weighted by Crippen LogP contribution is -2.20. The highest BCUT2D eigenvalue weighted by Crippen LogP contribution is 2.15. The maximum absolute atomic E-state index is 11.8. The number of amides is 1. The summed E-state index contributed by atoms with van der Waals surface area (Å²) >= 11 is 0. The van der Waals surface area contributed by atoms with Crippen molar-refractivity contribution in [3.8, 4) is 5.75 Å². The van der Waals surface area contributed by atoms with E-state index in [-0.39, 0.29) is 12.5 Å². The van der Waals surface area contributed by atoms with Crippen molar-refractivity contribution in [3.63, 3.8) is 0 Å². The molecular formula is C17H19NO2. The van der Waals surface area contributed by atoms with E-state index in [1.54, 1.807) is 0 Å². The molecule has 2 rings (SSSR count). The molecule has 2 aromatic rings. The number of ether oxygens (including phenoxy) is 1. The molecule has 0 bridgehead atoms. The lowest BCUT2D eigenvalue weighted by molar-refractivity contribution is -0.118. The van der Waals surface area contributed by atoms with Crippen LogP contribution in [-0.2, 0) is 4.79 Å². The molecule has 0 aliphatic rings. The van der Waals surface area contributed by atoms with E-state index in [9.17, 15) is 4.79 Å². The lowest BCUT2D eigenvalue weighted by atomic mass is 10.1. The Morgan fingerprint density at radius 2 is 1.85 bits per heavy atom. The molecule has 1 N–H and O–H groups in total. The molecule has 104 valence electrons. The van der Waals surface area contributed by atoms with E-state index in [2.05, 4.69) is 5.32 Å². The Labute approximate surface area is 119 Å². The van der Waals surface area contributed by atoms with Crippen LogP contribution in [0.15, 0.2) is 42.5 Å². The smallest absolute Gasteiger partial charge is 0.262 e. The normalized spacial score (nSPS) is 10.2. The van der Waals surface area contributed by atoms with Crippen molar-refractivity contribution in [2.75, 3.05) is 11.9 Å². The van der Waals surface area contributed by atoms with Crippen molar-refractivity contribution >= 4 is 11.6 Å². The second-order valence-corrected chi connectivity index (χ2v) is 4.95. The summed E-state index contributed by atoms with van der Waals surface area (Å²) in [5, 5.41) is 2.83. The molecule has 3 nitrogen and oxygen atoms in total. The van der Waals surface area contributed by atoms with Crippen molar-refractivity contribution in [2.24, 2.45) is 0 Å². The number of carbonyl (C=O) groups is 1. The van der Waals surface area contributed by atoms with Gasteiger partial charge in [0.25, 0.3) is 5.91 Å². The first-order valence-electron chi connectivity index (χ1n) is 6.61. The predicted octanol–water partition coefficient (Wildman–Crippen LogP) is 3.63. The summed E-state index contributed by atoms with van der Waals surface area (Å²) in [6.07, 6.45) is 0. The minimum absolute atomic E-state index is 0.0103. The molecular weight excluding hydrogens is 250 g/mol. The van der Waals surface area contributed by atoms with Crippen LogP contribution in [0.4, 0.5) is 5.69 Å². The fourth-order valence-electron chi connectivity index (χ4n) is 1.87. The number of benzene rings is 2. The maximum Gasteiger partial charge on any atom is 0.262 e. The summed E-state index contributed by atoms with van der Waals surface area (Å²) in [5.74, 6) is 0.551. The summed E-state index contributed by atoms with van der Waals surface area (Å²) in [4.78, 5) is 11.8. The maximum atomic E-state index is 11.8. The SMILES string of the molecule is Cc1cccc(OCC(=O)Nc2ccc(C)c(C)c2)c1. The molecule has 1 amide bonds. The van der Waals surface area contributed by atoms with E-state index in [1.165, 1.54) is 5.56 Å². The number of rotatable bonds is 4. The monoisotopic (exact) mass is 269 g/mol. The molecule has 20 heavy (non-hydrogen) atoms. The molecule has 0 aliphatic heterocycles. The van der Waals surface area contributed by atoms with Gasteiger partial charge in [0, 0.05) is 5.69 Å². The number of nitrogens with one attached hydrogen (secondary N) is 1. The van der Waals surface area contributed by atoms with Gasteiger partial charge >= 0.3 is 0 Å². The van der Waals surface area contributed by atoms with Crippen LogP contribution in [0.2, 0.25) is 0 Å². The van der Waals surface area contributed by atoms with Crippen LogP contribution in [0.3, 0.4) is 0 Å². The summed E-state index contributed by atoms with van der Waals surface area (Å²) in [5.41, 5.74) is 4.27. The Morgan fingerprint density at radius 1 is 1.05 bits per heavy atom. The fourth-order valence-corrected chi connectivity index (χ4v) is 1.87. The Bertz CT molecular complexity index is 620. The molecule has 0 spiro atoms. The van der Waals surface area contributed by atoms with Gasteiger partial charge in [-0.15, -0.1) is 0 Å². The second-order valence-electron chi connectivity index (χ2n) is 4.95. The zero-order valence-corrected chi connectivity index (χ0v) is 12.1. The lowest BCUT2D eigenvalue weighted by Gasteiger charge is -2.09. The van der Waals surface area contributed by atoms with Gasteiger partial charge in [-0.25, -0.2) is 0 Å². The van der Waals surface area contributed by atoms with Gasteiger partial charge in [-0.05, 0) is 61.7 Å². The zero-order chi connectivity index (χ0) is 14.5. The minimum Gasteiger partial charge on any atom is -0.484 e. The van der Waals surface area contributed by atoms with Crippen molar-refractivity contribution in [1.29, 1.82) is 0 Å². The van der Waals surface area contributed by atoms with E-state index in [0.29, 0.717) is 5.75 Å². The third-order valence-electron chi connectivity index (χ3n) is 3.15. The van der Waals surface area contributed by atoms with Crippen LogP contribution in [-0.4, -0.2) is 12.5 Å². The summed E-state index contributed by atoms with van der Waals surface area (Å²) in [6.45, 7) is 6.06. The Balaban J connectivity index is 1.91. The molecule has 2 aromatic carbocycles. The third-order valence-corrected chi connectivity index (χ3v) is 3.15. The first kappa shape index (κ1) is 14.1. The van der Waals surface area contributed by atoms with Gasteiger partial charge in [0.15, 0.2) is 6.61 Å². The highest BCUT2D eigenvalue weighted by Gasteiger charge is 2.04. The van der Waals surface area contributed by atoms with Crippen molar-refractivity contribution < 1.29 is 9.53 Å². The topological polar surface area (TPSA) is 38.3 Å². The average molecular weight is 269 g/mol.